The smallest absolute Gasteiger partial charge is 0.274 e. The molecular formula is C25H34N4O2. The van der Waals surface area contributed by atoms with Crippen LogP contribution in [0.4, 0.5) is 0 Å². The van der Waals surface area contributed by atoms with E-state index in [0.29, 0.717) is 18.2 Å². The van der Waals surface area contributed by atoms with Crippen LogP contribution in [0.5, 0.6) is 0 Å². The molecule has 166 valence electrons. The molecule has 1 aromatic heterocycles. The van der Waals surface area contributed by atoms with Crippen molar-refractivity contribution in [2.24, 2.45) is 5.92 Å². The lowest BCUT2D eigenvalue weighted by Gasteiger charge is -2.35. The number of hydrogen-bond donors (Lipinski definition) is 0. The minimum absolute atomic E-state index is 0.0228. The first-order valence-electron chi connectivity index (χ1n) is 11.5. The van der Waals surface area contributed by atoms with Crippen molar-refractivity contribution in [1.82, 2.24) is 19.8 Å². The van der Waals surface area contributed by atoms with Crippen molar-refractivity contribution >= 4 is 5.91 Å². The SMILES string of the molecule is Cc1cnc(C(=O)N(CC2CCN(Cc3ccccc3C)CC2)C[C@@H]2CCCO2)cn1. The Balaban J connectivity index is 1.36. The number of benzene rings is 1. The highest BCUT2D eigenvalue weighted by atomic mass is 16.5. The summed E-state index contributed by atoms with van der Waals surface area (Å²) in [6.07, 6.45) is 7.74. The molecule has 0 aliphatic carbocycles. The number of amides is 1. The number of carbonyl (C=O) groups excluding carboxylic acids is 1. The molecule has 0 bridgehead atoms. The second-order valence-electron chi connectivity index (χ2n) is 9.03. The maximum Gasteiger partial charge on any atom is 0.274 e. The molecule has 0 unspecified atom stereocenters. The Morgan fingerprint density at radius 3 is 2.58 bits per heavy atom. The monoisotopic (exact) mass is 422 g/mol. The summed E-state index contributed by atoms with van der Waals surface area (Å²) in [6, 6.07) is 8.64. The van der Waals surface area contributed by atoms with Crippen LogP contribution in [-0.4, -0.2) is 64.6 Å². The molecule has 2 aromatic rings. The van der Waals surface area contributed by atoms with Crippen LogP contribution < -0.4 is 0 Å². The fourth-order valence-electron chi connectivity index (χ4n) is 4.61. The second kappa shape index (κ2) is 10.3. The molecule has 2 fully saturated rings. The summed E-state index contributed by atoms with van der Waals surface area (Å²) >= 11 is 0. The average Bonchev–Trinajstić information content (AvgIpc) is 3.29. The van der Waals surface area contributed by atoms with Gasteiger partial charge in [-0.1, -0.05) is 24.3 Å². The minimum atomic E-state index is -0.0228. The van der Waals surface area contributed by atoms with Crippen LogP contribution in [0, 0.1) is 19.8 Å². The maximum absolute atomic E-state index is 13.2. The third-order valence-corrected chi connectivity index (χ3v) is 6.58. The third-order valence-electron chi connectivity index (χ3n) is 6.58. The summed E-state index contributed by atoms with van der Waals surface area (Å²) in [6.45, 7) is 9.45. The third kappa shape index (κ3) is 5.89. The highest BCUT2D eigenvalue weighted by molar-refractivity contribution is 5.92. The van der Waals surface area contributed by atoms with Crippen LogP contribution in [0.15, 0.2) is 36.7 Å². The largest absolute Gasteiger partial charge is 0.376 e. The lowest BCUT2D eigenvalue weighted by atomic mass is 9.95. The molecule has 6 heteroatoms. The summed E-state index contributed by atoms with van der Waals surface area (Å²) in [4.78, 5) is 26.3. The van der Waals surface area contributed by atoms with E-state index in [-0.39, 0.29) is 12.0 Å². The molecule has 2 saturated heterocycles. The number of nitrogens with zero attached hydrogens (tertiary/aromatic N) is 4. The van der Waals surface area contributed by atoms with Crippen LogP contribution in [0.2, 0.25) is 0 Å². The van der Waals surface area contributed by atoms with Gasteiger partial charge in [0.1, 0.15) is 5.69 Å². The van der Waals surface area contributed by atoms with Crippen LogP contribution in [0.25, 0.3) is 0 Å². The van der Waals surface area contributed by atoms with Crippen molar-refractivity contribution in [2.75, 3.05) is 32.8 Å². The number of aryl methyl sites for hydroxylation is 2. The van der Waals surface area contributed by atoms with E-state index in [9.17, 15) is 4.79 Å². The van der Waals surface area contributed by atoms with Gasteiger partial charge in [0.05, 0.1) is 18.0 Å². The summed E-state index contributed by atoms with van der Waals surface area (Å²) in [5.41, 5.74) is 4.02. The molecule has 4 rings (SSSR count). The Hall–Kier alpha value is -2.31. The quantitative estimate of drug-likeness (QED) is 0.682. The zero-order valence-electron chi connectivity index (χ0n) is 18.8. The van der Waals surface area contributed by atoms with Gasteiger partial charge in [-0.3, -0.25) is 14.7 Å². The summed E-state index contributed by atoms with van der Waals surface area (Å²) in [7, 11) is 0. The second-order valence-corrected chi connectivity index (χ2v) is 9.03. The minimum Gasteiger partial charge on any atom is -0.376 e. The van der Waals surface area contributed by atoms with E-state index in [2.05, 4.69) is 46.1 Å². The van der Waals surface area contributed by atoms with Crippen LogP contribution in [0.3, 0.4) is 0 Å². The Bertz CT molecular complexity index is 856. The number of hydrogen-bond acceptors (Lipinski definition) is 5. The van der Waals surface area contributed by atoms with Crippen LogP contribution >= 0.6 is 0 Å². The van der Waals surface area contributed by atoms with Gasteiger partial charge >= 0.3 is 0 Å². The standard InChI is InChI=1S/C25H34N4O2/c1-19-6-3-4-7-22(19)17-28-11-9-21(10-12-28)16-29(18-23-8-5-13-31-23)25(30)24-15-26-20(2)14-27-24/h3-4,6-7,14-15,21,23H,5,8-13,16-18H2,1-2H3/t23-/m0/s1. The molecular weight excluding hydrogens is 388 g/mol. The van der Waals surface area contributed by atoms with Crippen LogP contribution in [0.1, 0.15) is 53.0 Å². The fraction of sp³-hybridized carbons (Fsp3) is 0.560. The normalized spacial score (nSPS) is 20.1. The van der Waals surface area contributed by atoms with Crippen molar-refractivity contribution in [3.63, 3.8) is 0 Å². The Labute approximate surface area is 185 Å². The van der Waals surface area contributed by atoms with Gasteiger partial charge in [0.15, 0.2) is 0 Å². The molecule has 2 aliphatic heterocycles. The highest BCUT2D eigenvalue weighted by Crippen LogP contribution is 2.23. The van der Waals surface area contributed by atoms with Crippen molar-refractivity contribution < 1.29 is 9.53 Å². The zero-order chi connectivity index (χ0) is 21.6. The predicted octanol–water partition coefficient (Wildman–Crippen LogP) is 3.63. The van der Waals surface area contributed by atoms with Crippen molar-refractivity contribution in [3.8, 4) is 0 Å². The van der Waals surface area contributed by atoms with Gasteiger partial charge in [-0.2, -0.15) is 0 Å². The van der Waals surface area contributed by atoms with Crippen molar-refractivity contribution in [2.45, 2.75) is 52.2 Å². The molecule has 0 saturated carbocycles. The van der Waals surface area contributed by atoms with E-state index in [1.54, 1.807) is 12.4 Å². The fourth-order valence-corrected chi connectivity index (χ4v) is 4.61. The van der Waals surface area contributed by atoms with Crippen LogP contribution in [-0.2, 0) is 11.3 Å². The van der Waals surface area contributed by atoms with Crippen molar-refractivity contribution in [3.05, 3.63) is 59.2 Å². The summed E-state index contributed by atoms with van der Waals surface area (Å²) in [5, 5.41) is 0. The number of aromatic nitrogens is 2. The Kier molecular flexibility index (Phi) is 7.30. The molecule has 2 aliphatic rings. The molecule has 31 heavy (non-hydrogen) atoms. The predicted molar refractivity (Wildman–Crippen MR) is 121 cm³/mol. The lowest BCUT2D eigenvalue weighted by Crippen LogP contribution is -2.43. The first-order valence-corrected chi connectivity index (χ1v) is 11.5. The molecule has 0 spiro atoms. The van der Waals surface area contributed by atoms with E-state index >= 15 is 0 Å². The van der Waals surface area contributed by atoms with Gasteiger partial charge in [0, 0.05) is 32.4 Å². The van der Waals surface area contributed by atoms with E-state index in [1.807, 2.05) is 11.8 Å². The molecule has 1 amide bonds. The number of piperidine rings is 1. The van der Waals surface area contributed by atoms with Gasteiger partial charge in [-0.05, 0) is 69.7 Å². The molecule has 1 aromatic carbocycles. The maximum atomic E-state index is 13.2. The number of likely N-dealkylation sites (tertiary alicyclic amines) is 1. The van der Waals surface area contributed by atoms with Gasteiger partial charge < -0.3 is 9.64 Å². The molecule has 0 radical (unpaired) electrons. The highest BCUT2D eigenvalue weighted by Gasteiger charge is 2.28. The summed E-state index contributed by atoms with van der Waals surface area (Å²) < 4.78 is 5.83. The lowest BCUT2D eigenvalue weighted by molar-refractivity contribution is 0.0440. The topological polar surface area (TPSA) is 58.6 Å². The molecule has 6 nitrogen and oxygen atoms in total. The number of ether oxygens (including phenoxy) is 1. The average molecular weight is 423 g/mol. The summed E-state index contributed by atoms with van der Waals surface area (Å²) in [5.74, 6) is 0.488. The molecule has 3 heterocycles. The number of rotatable bonds is 7. The first-order chi connectivity index (χ1) is 15.1. The van der Waals surface area contributed by atoms with E-state index in [4.69, 9.17) is 4.74 Å². The van der Waals surface area contributed by atoms with Gasteiger partial charge in [0.2, 0.25) is 0 Å². The Morgan fingerprint density at radius 1 is 1.10 bits per heavy atom. The Morgan fingerprint density at radius 2 is 1.90 bits per heavy atom. The molecule has 0 N–H and O–H groups in total. The molecule has 1 atom stereocenters. The van der Waals surface area contributed by atoms with Gasteiger partial charge in [-0.15, -0.1) is 0 Å². The first kappa shape index (κ1) is 21.9. The van der Waals surface area contributed by atoms with Crippen molar-refractivity contribution in [1.29, 1.82) is 0 Å². The van der Waals surface area contributed by atoms with E-state index in [0.717, 1.165) is 64.2 Å². The van der Waals surface area contributed by atoms with E-state index in [1.165, 1.54) is 11.1 Å². The van der Waals surface area contributed by atoms with Gasteiger partial charge in [-0.25, -0.2) is 4.98 Å². The zero-order valence-corrected chi connectivity index (χ0v) is 18.8. The van der Waals surface area contributed by atoms with Gasteiger partial charge in [0.25, 0.3) is 5.91 Å². The number of carbonyl (C=O) groups is 1. The van der Waals surface area contributed by atoms with E-state index < -0.39 is 0 Å².